The Bertz CT molecular complexity index is 613. The molecule has 0 unspecified atom stereocenters. The Kier molecular flexibility index (Phi) is 5.83. The molecular weight excluding hydrogens is 353 g/mol. The lowest BCUT2D eigenvalue weighted by atomic mass is 10.1. The molecule has 118 valence electrons. The molecule has 0 heterocycles. The Morgan fingerprint density at radius 3 is 2.43 bits per heavy atom. The molecule has 21 heavy (non-hydrogen) atoms. The second-order valence-electron chi connectivity index (χ2n) is 5.45. The van der Waals surface area contributed by atoms with Crippen molar-refractivity contribution in [1.82, 2.24) is 4.31 Å². The molecule has 1 saturated carbocycles. The van der Waals surface area contributed by atoms with Gasteiger partial charge in [0.05, 0.1) is 5.02 Å². The van der Waals surface area contributed by atoms with Crippen LogP contribution in [0.15, 0.2) is 17.0 Å². The van der Waals surface area contributed by atoms with Gasteiger partial charge in [0.15, 0.2) is 0 Å². The molecule has 1 aromatic carbocycles. The van der Waals surface area contributed by atoms with Crippen LogP contribution in [-0.2, 0) is 15.9 Å². The van der Waals surface area contributed by atoms with E-state index in [4.69, 9.17) is 34.8 Å². The lowest BCUT2D eigenvalue weighted by molar-refractivity contribution is 0.387. The number of hydrogen-bond acceptors (Lipinski definition) is 2. The summed E-state index contributed by atoms with van der Waals surface area (Å²) in [6.45, 7) is 0.515. The number of alkyl halides is 1. The molecule has 1 fully saturated rings. The van der Waals surface area contributed by atoms with Gasteiger partial charge in [0.2, 0.25) is 10.0 Å². The molecule has 0 aromatic heterocycles. The van der Waals surface area contributed by atoms with Gasteiger partial charge in [-0.15, -0.1) is 11.6 Å². The Hall–Kier alpha value is -0.000000000000000111. The van der Waals surface area contributed by atoms with Crippen LogP contribution in [0.25, 0.3) is 0 Å². The summed E-state index contributed by atoms with van der Waals surface area (Å²) in [4.78, 5) is 0.0350. The average molecular weight is 371 g/mol. The minimum absolute atomic E-state index is 0.0350. The van der Waals surface area contributed by atoms with Crippen molar-refractivity contribution in [2.75, 3.05) is 13.6 Å². The highest BCUT2D eigenvalue weighted by Gasteiger charge is 2.28. The third kappa shape index (κ3) is 3.85. The summed E-state index contributed by atoms with van der Waals surface area (Å²) < 4.78 is 26.8. The predicted octanol–water partition coefficient (Wildman–Crippen LogP) is 4.54. The lowest BCUT2D eigenvalue weighted by Crippen LogP contribution is -2.31. The van der Waals surface area contributed by atoms with Crippen molar-refractivity contribution in [2.24, 2.45) is 5.92 Å². The summed E-state index contributed by atoms with van der Waals surface area (Å²) in [7, 11) is -2.07. The van der Waals surface area contributed by atoms with Gasteiger partial charge in [-0.2, -0.15) is 0 Å². The van der Waals surface area contributed by atoms with Crippen LogP contribution in [-0.4, -0.2) is 26.3 Å². The van der Waals surface area contributed by atoms with Crippen LogP contribution in [0.4, 0.5) is 0 Å². The van der Waals surface area contributed by atoms with E-state index in [-0.39, 0.29) is 15.8 Å². The molecule has 0 spiro atoms. The number of benzene rings is 1. The number of nitrogens with zero attached hydrogens (tertiary/aromatic N) is 1. The van der Waals surface area contributed by atoms with Crippen molar-refractivity contribution in [3.8, 4) is 0 Å². The maximum atomic E-state index is 12.7. The smallest absolute Gasteiger partial charge is 0.207 e. The predicted molar refractivity (Wildman–Crippen MR) is 87.8 cm³/mol. The molecule has 1 aliphatic carbocycles. The highest BCUT2D eigenvalue weighted by molar-refractivity contribution is 7.89. The van der Waals surface area contributed by atoms with Crippen molar-refractivity contribution in [3.63, 3.8) is 0 Å². The van der Waals surface area contributed by atoms with E-state index >= 15 is 0 Å². The number of hydrogen-bond donors (Lipinski definition) is 0. The molecule has 0 N–H and O–H groups in total. The topological polar surface area (TPSA) is 37.4 Å². The van der Waals surface area contributed by atoms with Gasteiger partial charge < -0.3 is 0 Å². The summed E-state index contributed by atoms with van der Waals surface area (Å²) in [5, 5.41) is 0.482. The fourth-order valence-electron chi connectivity index (χ4n) is 2.73. The zero-order valence-electron chi connectivity index (χ0n) is 11.8. The SMILES string of the molecule is CN(CC1CCCC1)S(=O)(=O)c1cc(Cl)cc(CCl)c1Cl. The van der Waals surface area contributed by atoms with E-state index < -0.39 is 10.0 Å². The van der Waals surface area contributed by atoms with E-state index in [0.29, 0.717) is 23.0 Å². The molecule has 0 bridgehead atoms. The highest BCUT2D eigenvalue weighted by Crippen LogP contribution is 2.33. The number of sulfonamides is 1. The zero-order chi connectivity index (χ0) is 15.6. The summed E-state index contributed by atoms with van der Waals surface area (Å²) in [6.07, 6.45) is 4.51. The van der Waals surface area contributed by atoms with E-state index in [9.17, 15) is 8.42 Å². The van der Waals surface area contributed by atoms with Gasteiger partial charge >= 0.3 is 0 Å². The molecule has 0 radical (unpaired) electrons. The Morgan fingerprint density at radius 1 is 1.24 bits per heavy atom. The molecule has 1 aromatic rings. The molecule has 0 saturated heterocycles. The van der Waals surface area contributed by atoms with Gasteiger partial charge in [0.25, 0.3) is 0 Å². The van der Waals surface area contributed by atoms with Gasteiger partial charge in [-0.1, -0.05) is 36.0 Å². The molecule has 0 atom stereocenters. The maximum absolute atomic E-state index is 12.7. The summed E-state index contributed by atoms with van der Waals surface area (Å²) in [5.41, 5.74) is 0.527. The standard InChI is InChI=1S/C14H18Cl3NO2S/c1-18(9-10-4-2-3-5-10)21(19,20)13-7-12(16)6-11(8-15)14(13)17/h6-7,10H,2-5,8-9H2,1H3. The van der Waals surface area contributed by atoms with Crippen molar-refractivity contribution in [3.05, 3.63) is 27.7 Å². The number of halogens is 3. The summed E-state index contributed by atoms with van der Waals surface area (Å²) >= 11 is 18.0. The van der Waals surface area contributed by atoms with Crippen LogP contribution in [0.3, 0.4) is 0 Å². The fourth-order valence-corrected chi connectivity index (χ4v) is 5.16. The van der Waals surface area contributed by atoms with E-state index in [0.717, 1.165) is 12.8 Å². The quantitative estimate of drug-likeness (QED) is 0.713. The minimum atomic E-state index is -3.65. The largest absolute Gasteiger partial charge is 0.244 e. The molecular formula is C14H18Cl3NO2S. The Balaban J connectivity index is 2.32. The first-order valence-electron chi connectivity index (χ1n) is 6.86. The van der Waals surface area contributed by atoms with Crippen LogP contribution in [0.2, 0.25) is 10.0 Å². The molecule has 2 rings (SSSR count). The van der Waals surface area contributed by atoms with E-state index in [2.05, 4.69) is 0 Å². The van der Waals surface area contributed by atoms with Crippen LogP contribution >= 0.6 is 34.8 Å². The van der Waals surface area contributed by atoms with Gasteiger partial charge in [0, 0.05) is 24.5 Å². The summed E-state index contributed by atoms with van der Waals surface area (Å²) in [5.74, 6) is 0.545. The Labute approximate surface area is 141 Å². The van der Waals surface area contributed by atoms with Gasteiger partial charge in [-0.05, 0) is 36.5 Å². The van der Waals surface area contributed by atoms with Crippen molar-refractivity contribution >= 4 is 44.8 Å². The van der Waals surface area contributed by atoms with E-state index in [1.807, 2.05) is 0 Å². The Morgan fingerprint density at radius 2 is 1.86 bits per heavy atom. The third-order valence-electron chi connectivity index (χ3n) is 3.90. The number of rotatable bonds is 5. The van der Waals surface area contributed by atoms with E-state index in [1.165, 1.54) is 23.2 Å². The lowest BCUT2D eigenvalue weighted by Gasteiger charge is -2.22. The molecule has 7 heteroatoms. The maximum Gasteiger partial charge on any atom is 0.244 e. The first kappa shape index (κ1) is 17.4. The molecule has 3 nitrogen and oxygen atoms in total. The first-order chi connectivity index (χ1) is 9.86. The van der Waals surface area contributed by atoms with Crippen LogP contribution in [0, 0.1) is 5.92 Å². The summed E-state index contributed by atoms with van der Waals surface area (Å²) in [6, 6.07) is 2.98. The third-order valence-corrected chi connectivity index (χ3v) is 6.81. The minimum Gasteiger partial charge on any atom is -0.207 e. The van der Waals surface area contributed by atoms with Gasteiger partial charge in [-0.3, -0.25) is 0 Å². The van der Waals surface area contributed by atoms with Crippen molar-refractivity contribution in [2.45, 2.75) is 36.5 Å². The highest BCUT2D eigenvalue weighted by atomic mass is 35.5. The van der Waals surface area contributed by atoms with Crippen molar-refractivity contribution < 1.29 is 8.42 Å². The molecule has 1 aliphatic rings. The normalized spacial score (nSPS) is 16.8. The van der Waals surface area contributed by atoms with Crippen molar-refractivity contribution in [1.29, 1.82) is 0 Å². The first-order valence-corrected chi connectivity index (χ1v) is 9.59. The monoisotopic (exact) mass is 369 g/mol. The van der Waals surface area contributed by atoms with Crippen LogP contribution in [0.5, 0.6) is 0 Å². The molecule has 0 aliphatic heterocycles. The van der Waals surface area contributed by atoms with Crippen LogP contribution in [0.1, 0.15) is 31.2 Å². The van der Waals surface area contributed by atoms with Crippen LogP contribution < -0.4 is 0 Å². The van der Waals surface area contributed by atoms with E-state index in [1.54, 1.807) is 13.1 Å². The molecule has 0 amide bonds. The second kappa shape index (κ2) is 7.05. The second-order valence-corrected chi connectivity index (χ2v) is 8.54. The average Bonchev–Trinajstić information content (AvgIpc) is 2.93. The van der Waals surface area contributed by atoms with Gasteiger partial charge in [-0.25, -0.2) is 12.7 Å². The fraction of sp³-hybridized carbons (Fsp3) is 0.571. The zero-order valence-corrected chi connectivity index (χ0v) is 14.9. The van der Waals surface area contributed by atoms with Gasteiger partial charge in [0.1, 0.15) is 4.90 Å².